The van der Waals surface area contributed by atoms with E-state index in [2.05, 4.69) is 11.9 Å². The van der Waals surface area contributed by atoms with Gasteiger partial charge in [-0.2, -0.15) is 5.48 Å². The van der Waals surface area contributed by atoms with Crippen LogP contribution in [0.5, 0.6) is 17.2 Å². The smallest absolute Gasteiger partial charge is 0.284 e. The zero-order valence-electron chi connectivity index (χ0n) is 24.6. The van der Waals surface area contributed by atoms with Crippen LogP contribution in [0.15, 0.2) is 84.2 Å². The van der Waals surface area contributed by atoms with Crippen LogP contribution < -0.4 is 30.6 Å². The van der Waals surface area contributed by atoms with Crippen molar-refractivity contribution in [2.45, 2.75) is 20.4 Å². The maximum atomic E-state index is 15.3. The number of aromatic nitrogens is 2. The van der Waals surface area contributed by atoms with Gasteiger partial charge >= 0.3 is 0 Å². The van der Waals surface area contributed by atoms with Gasteiger partial charge in [0.2, 0.25) is 0 Å². The molecule has 0 aliphatic rings. The predicted octanol–water partition coefficient (Wildman–Crippen LogP) is 4.74. The Bertz CT molecular complexity index is 1730. The van der Waals surface area contributed by atoms with Crippen molar-refractivity contribution >= 4 is 23.0 Å². The maximum Gasteiger partial charge on any atom is 0.284 e. The lowest BCUT2D eigenvalue weighted by Gasteiger charge is -2.16. The Morgan fingerprint density at radius 2 is 1.72 bits per heavy atom. The van der Waals surface area contributed by atoms with E-state index >= 15 is 4.39 Å². The molecule has 224 valence electrons. The van der Waals surface area contributed by atoms with Gasteiger partial charge in [-0.3, -0.25) is 14.3 Å². The van der Waals surface area contributed by atoms with Gasteiger partial charge in [-0.1, -0.05) is 24.3 Å². The topological polar surface area (TPSA) is 110 Å². The van der Waals surface area contributed by atoms with Gasteiger partial charge in [0.05, 0.1) is 44.8 Å². The summed E-state index contributed by atoms with van der Waals surface area (Å²) < 4.78 is 35.2. The van der Waals surface area contributed by atoms with Crippen LogP contribution >= 0.6 is 0 Å². The monoisotopic (exact) mass is 589 g/mol. The second kappa shape index (κ2) is 13.7. The molecule has 0 bridgehead atoms. The molecule has 10 nitrogen and oxygen atoms in total. The lowest BCUT2D eigenvalue weighted by molar-refractivity contribution is -0.830. The Morgan fingerprint density at radius 1 is 1.02 bits per heavy atom. The first-order valence-electron chi connectivity index (χ1n) is 13.3. The van der Waals surface area contributed by atoms with E-state index in [0.717, 1.165) is 6.07 Å². The number of carbonyl (C=O) groups excluding carboxylic acids is 1. The Hall–Kier alpha value is -5.13. The highest BCUT2D eigenvalue weighted by Gasteiger charge is 2.24. The predicted molar refractivity (Wildman–Crippen MR) is 162 cm³/mol. The SMILES string of the molecule is C=CCn1c(C)c(C(=O)Nc2ccc(O/C(=C/C)c3cc(OC)c(OC)cc3[NH2+]OC)c(F)c2)c(=O)n1-c1ccccc1. The second-order valence-electron chi connectivity index (χ2n) is 9.29. The van der Waals surface area contributed by atoms with Crippen molar-refractivity contribution in [3.05, 3.63) is 112 Å². The van der Waals surface area contributed by atoms with Gasteiger partial charge in [0.1, 0.15) is 11.3 Å². The van der Waals surface area contributed by atoms with E-state index in [9.17, 15) is 9.59 Å². The fourth-order valence-electron chi connectivity index (χ4n) is 4.65. The van der Waals surface area contributed by atoms with Crippen molar-refractivity contribution in [2.75, 3.05) is 26.6 Å². The third kappa shape index (κ3) is 6.37. The number of quaternary nitrogens is 1. The summed E-state index contributed by atoms with van der Waals surface area (Å²) in [7, 11) is 4.54. The van der Waals surface area contributed by atoms with Crippen molar-refractivity contribution in [2.24, 2.45) is 0 Å². The number of hydrogen-bond acceptors (Lipinski definition) is 6. The Labute approximate surface area is 248 Å². The number of rotatable bonds is 12. The first-order chi connectivity index (χ1) is 20.8. The van der Waals surface area contributed by atoms with Gasteiger partial charge in [0, 0.05) is 23.9 Å². The van der Waals surface area contributed by atoms with Gasteiger partial charge in [-0.25, -0.2) is 13.9 Å². The highest BCUT2D eigenvalue weighted by Crippen LogP contribution is 2.36. The number of ether oxygens (including phenoxy) is 3. The highest BCUT2D eigenvalue weighted by atomic mass is 19.1. The van der Waals surface area contributed by atoms with Crippen LogP contribution in [0.2, 0.25) is 0 Å². The standard InChI is InChI=1S/C32H33FN4O6/c1-7-16-36-20(3)30(32(39)37(36)22-12-10-9-11-13-22)31(38)34-21-14-15-27(24(33)17-21)43-26(8-2)23-18-28(40-4)29(41-5)19-25(23)35-42-6/h7-15,17-19,35H,1,16H2,2-6H3,(H,34,38)/p+1/b26-8+. The zero-order valence-corrected chi connectivity index (χ0v) is 24.6. The number of methoxy groups -OCH3 is 2. The summed E-state index contributed by atoms with van der Waals surface area (Å²) in [6.07, 6.45) is 3.32. The molecule has 0 fully saturated rings. The number of anilines is 1. The third-order valence-electron chi connectivity index (χ3n) is 6.66. The van der Waals surface area contributed by atoms with E-state index in [1.165, 1.54) is 43.6 Å². The molecular weight excluding hydrogens is 555 g/mol. The Morgan fingerprint density at radius 3 is 2.33 bits per heavy atom. The zero-order chi connectivity index (χ0) is 31.1. The quantitative estimate of drug-likeness (QED) is 0.107. The lowest BCUT2D eigenvalue weighted by Crippen LogP contribution is -2.76. The maximum absolute atomic E-state index is 15.3. The largest absolute Gasteiger partial charge is 0.493 e. The van der Waals surface area contributed by atoms with E-state index in [1.807, 2.05) is 6.07 Å². The molecule has 0 spiro atoms. The van der Waals surface area contributed by atoms with Crippen LogP contribution in [-0.4, -0.2) is 36.6 Å². The van der Waals surface area contributed by atoms with Crippen LogP contribution in [0, 0.1) is 12.7 Å². The highest BCUT2D eigenvalue weighted by molar-refractivity contribution is 6.05. The van der Waals surface area contributed by atoms with Crippen molar-refractivity contribution in [3.63, 3.8) is 0 Å². The number of amides is 1. The summed E-state index contributed by atoms with van der Waals surface area (Å²) in [5.74, 6) is -0.193. The van der Waals surface area contributed by atoms with Gasteiger partial charge in [0.25, 0.3) is 11.5 Å². The molecule has 0 saturated carbocycles. The normalized spacial score (nSPS) is 11.3. The molecule has 0 radical (unpaired) electrons. The Balaban J connectivity index is 1.62. The summed E-state index contributed by atoms with van der Waals surface area (Å²) >= 11 is 0. The van der Waals surface area contributed by atoms with Crippen molar-refractivity contribution in [1.82, 2.24) is 9.36 Å². The molecule has 3 aromatic carbocycles. The van der Waals surface area contributed by atoms with Crippen LogP contribution in [-0.2, 0) is 11.4 Å². The average Bonchev–Trinajstić information content (AvgIpc) is 3.26. The molecule has 1 heterocycles. The molecule has 1 aromatic heterocycles. The molecule has 11 heteroatoms. The molecule has 3 N–H and O–H groups in total. The van der Waals surface area contributed by atoms with Gasteiger partial charge in [-0.05, 0) is 44.2 Å². The number of nitrogens with zero attached hydrogens (tertiary/aromatic N) is 2. The number of para-hydroxylation sites is 1. The fourth-order valence-corrected chi connectivity index (χ4v) is 4.65. The first-order valence-corrected chi connectivity index (χ1v) is 13.3. The molecule has 1 amide bonds. The summed E-state index contributed by atoms with van der Waals surface area (Å²) in [6, 6.07) is 16.4. The summed E-state index contributed by atoms with van der Waals surface area (Å²) in [6.45, 7) is 7.50. The van der Waals surface area contributed by atoms with E-state index in [0.29, 0.717) is 46.4 Å². The molecule has 4 aromatic rings. The van der Waals surface area contributed by atoms with Crippen molar-refractivity contribution in [3.8, 4) is 22.9 Å². The van der Waals surface area contributed by atoms with Crippen LogP contribution in [0.4, 0.5) is 15.8 Å². The average molecular weight is 590 g/mol. The van der Waals surface area contributed by atoms with E-state index in [1.54, 1.807) is 67.1 Å². The summed E-state index contributed by atoms with van der Waals surface area (Å²) in [5, 5.41) is 2.64. The van der Waals surface area contributed by atoms with E-state index in [4.69, 9.17) is 19.0 Å². The van der Waals surface area contributed by atoms with Gasteiger partial charge in [0.15, 0.2) is 28.8 Å². The second-order valence-corrected chi connectivity index (χ2v) is 9.29. The molecular formula is C32H34FN4O6+. The van der Waals surface area contributed by atoms with Gasteiger partial charge < -0.3 is 19.5 Å². The van der Waals surface area contributed by atoms with Crippen LogP contribution in [0.3, 0.4) is 0 Å². The lowest BCUT2D eigenvalue weighted by atomic mass is 10.1. The first kappa shape index (κ1) is 30.8. The number of allylic oxidation sites excluding steroid dienone is 2. The summed E-state index contributed by atoms with van der Waals surface area (Å²) in [4.78, 5) is 31.9. The minimum atomic E-state index is -0.724. The molecule has 0 aliphatic carbocycles. The van der Waals surface area contributed by atoms with Crippen LogP contribution in [0.1, 0.15) is 28.5 Å². The molecule has 0 aliphatic heterocycles. The molecule has 0 atom stereocenters. The van der Waals surface area contributed by atoms with E-state index < -0.39 is 17.3 Å². The number of benzene rings is 3. The number of carbonyl (C=O) groups is 1. The number of nitrogens with one attached hydrogen (secondary N) is 1. The minimum absolute atomic E-state index is 0.0574. The van der Waals surface area contributed by atoms with E-state index in [-0.39, 0.29) is 17.0 Å². The molecule has 43 heavy (non-hydrogen) atoms. The van der Waals surface area contributed by atoms with Crippen molar-refractivity contribution in [1.29, 1.82) is 0 Å². The molecule has 0 saturated heterocycles. The molecule has 4 rings (SSSR count). The number of hydrogen-bond donors (Lipinski definition) is 2. The number of nitrogens with two attached hydrogens (primary N) is 1. The molecule has 0 unspecified atom stereocenters. The van der Waals surface area contributed by atoms with Crippen molar-refractivity contribution < 1.29 is 33.7 Å². The minimum Gasteiger partial charge on any atom is -0.493 e. The van der Waals surface area contributed by atoms with Gasteiger partial charge in [-0.15, -0.1) is 6.58 Å². The summed E-state index contributed by atoms with van der Waals surface area (Å²) in [5.41, 5.74) is 3.35. The number of halogens is 1. The Kier molecular flexibility index (Phi) is 9.81. The fraction of sp³-hybridized carbons (Fsp3) is 0.188. The van der Waals surface area contributed by atoms with Crippen LogP contribution in [0.25, 0.3) is 11.4 Å². The third-order valence-corrected chi connectivity index (χ3v) is 6.66.